The second kappa shape index (κ2) is 8.70. The number of anilines is 1. The molecule has 0 saturated carbocycles. The number of guanidine groups is 1. The van der Waals surface area contributed by atoms with Gasteiger partial charge in [-0.3, -0.25) is 15.1 Å². The lowest BCUT2D eigenvalue weighted by molar-refractivity contribution is 0.0945. The van der Waals surface area contributed by atoms with Crippen LogP contribution in [0.3, 0.4) is 0 Å². The van der Waals surface area contributed by atoms with Gasteiger partial charge in [-0.15, -0.1) is 0 Å². The van der Waals surface area contributed by atoms with Crippen LogP contribution in [0, 0.1) is 11.5 Å². The highest BCUT2D eigenvalue weighted by atomic mass is 16.3. The number of rotatable bonds is 6. The minimum atomic E-state index is -0.374. The summed E-state index contributed by atoms with van der Waals surface area (Å²) in [5.74, 6) is -0.123. The summed E-state index contributed by atoms with van der Waals surface area (Å²) in [5.41, 5.74) is 0.393. The number of carbonyl (C=O) groups excluding carboxylic acids is 1. The predicted molar refractivity (Wildman–Crippen MR) is 87.8 cm³/mol. The molecule has 0 fully saturated rings. The summed E-state index contributed by atoms with van der Waals surface area (Å²) >= 11 is 0. The zero-order valence-electron chi connectivity index (χ0n) is 13.6. The SMILES string of the molecule is CCC(C)(C)N=C(NC#N)Nc1ccncc1C(=O)NCCO. The van der Waals surface area contributed by atoms with E-state index in [0.717, 1.165) is 6.42 Å². The molecule has 124 valence electrons. The molecule has 0 saturated heterocycles. The van der Waals surface area contributed by atoms with Crippen molar-refractivity contribution in [3.8, 4) is 6.19 Å². The molecule has 0 aromatic carbocycles. The number of nitrogens with zero attached hydrogens (tertiary/aromatic N) is 3. The zero-order chi connectivity index (χ0) is 17.3. The molecule has 8 heteroatoms. The van der Waals surface area contributed by atoms with E-state index in [4.69, 9.17) is 10.4 Å². The van der Waals surface area contributed by atoms with Crippen molar-refractivity contribution in [3.05, 3.63) is 24.0 Å². The molecule has 0 aliphatic heterocycles. The first kappa shape index (κ1) is 18.4. The molecule has 23 heavy (non-hydrogen) atoms. The molecule has 4 N–H and O–H groups in total. The van der Waals surface area contributed by atoms with Crippen LogP contribution in [0.25, 0.3) is 0 Å². The molecule has 0 aliphatic carbocycles. The standard InChI is InChI=1S/C15H22N6O2/c1-4-15(2,3)21-14(19-10-16)20-12-5-6-17-9-11(12)13(23)18-7-8-22/h5-6,9,22H,4,7-8H2,1-3H3,(H,18,23)(H2,17,19,20,21). The molecule has 0 radical (unpaired) electrons. The molecule has 1 aromatic rings. The number of carbonyl (C=O) groups is 1. The number of aliphatic hydroxyl groups excluding tert-OH is 1. The second-order valence-corrected chi connectivity index (χ2v) is 5.39. The van der Waals surface area contributed by atoms with E-state index in [9.17, 15) is 4.79 Å². The molecule has 1 heterocycles. The first-order valence-corrected chi connectivity index (χ1v) is 7.28. The number of nitriles is 1. The van der Waals surface area contributed by atoms with Crippen molar-refractivity contribution < 1.29 is 9.90 Å². The lowest BCUT2D eigenvalue weighted by Gasteiger charge is -2.20. The quantitative estimate of drug-likeness (QED) is 0.267. The number of amides is 1. The van der Waals surface area contributed by atoms with Crippen LogP contribution in [0.15, 0.2) is 23.5 Å². The van der Waals surface area contributed by atoms with Gasteiger partial charge in [0.1, 0.15) is 0 Å². The van der Waals surface area contributed by atoms with Crippen molar-refractivity contribution in [2.75, 3.05) is 18.5 Å². The van der Waals surface area contributed by atoms with Gasteiger partial charge in [0.2, 0.25) is 5.96 Å². The molecular formula is C15H22N6O2. The minimum Gasteiger partial charge on any atom is -0.395 e. The number of aliphatic imine (C=N–C) groups is 1. The fourth-order valence-electron chi connectivity index (χ4n) is 1.60. The summed E-state index contributed by atoms with van der Waals surface area (Å²) in [6.07, 6.45) is 5.54. The Balaban J connectivity index is 3.06. The molecule has 8 nitrogen and oxygen atoms in total. The van der Waals surface area contributed by atoms with Crippen molar-refractivity contribution in [2.24, 2.45) is 4.99 Å². The summed E-state index contributed by atoms with van der Waals surface area (Å²) in [7, 11) is 0. The van der Waals surface area contributed by atoms with E-state index in [2.05, 4.69) is 25.9 Å². The first-order chi connectivity index (χ1) is 10.9. The Morgan fingerprint density at radius 2 is 2.26 bits per heavy atom. The minimum absolute atomic E-state index is 0.146. The van der Waals surface area contributed by atoms with Crippen molar-refractivity contribution >= 4 is 17.6 Å². The molecule has 0 spiro atoms. The van der Waals surface area contributed by atoms with Crippen molar-refractivity contribution in [2.45, 2.75) is 32.7 Å². The highest BCUT2D eigenvalue weighted by molar-refractivity contribution is 6.04. The van der Waals surface area contributed by atoms with Crippen LogP contribution in [0.1, 0.15) is 37.6 Å². The van der Waals surface area contributed by atoms with Gasteiger partial charge in [0.05, 0.1) is 23.4 Å². The van der Waals surface area contributed by atoms with Gasteiger partial charge in [0.15, 0.2) is 6.19 Å². The van der Waals surface area contributed by atoms with Crippen LogP contribution in [-0.4, -0.2) is 40.6 Å². The van der Waals surface area contributed by atoms with E-state index in [0.29, 0.717) is 11.3 Å². The number of hydrogen-bond donors (Lipinski definition) is 4. The fraction of sp³-hybridized carbons (Fsp3) is 0.467. The van der Waals surface area contributed by atoms with E-state index in [-0.39, 0.29) is 30.6 Å². The summed E-state index contributed by atoms with van der Waals surface area (Å²) in [5, 5.41) is 25.7. The Hall–Kier alpha value is -2.66. The van der Waals surface area contributed by atoms with Crippen LogP contribution in [0.2, 0.25) is 0 Å². The van der Waals surface area contributed by atoms with Gasteiger partial charge in [-0.2, -0.15) is 5.26 Å². The largest absolute Gasteiger partial charge is 0.395 e. The van der Waals surface area contributed by atoms with Gasteiger partial charge in [-0.1, -0.05) is 6.92 Å². The molecule has 1 aromatic heterocycles. The fourth-order valence-corrected chi connectivity index (χ4v) is 1.60. The van der Waals surface area contributed by atoms with Crippen LogP contribution in [-0.2, 0) is 0 Å². The van der Waals surface area contributed by atoms with Gasteiger partial charge >= 0.3 is 0 Å². The summed E-state index contributed by atoms with van der Waals surface area (Å²) in [6.45, 7) is 5.87. The summed E-state index contributed by atoms with van der Waals surface area (Å²) in [6, 6.07) is 1.61. The third-order valence-corrected chi connectivity index (χ3v) is 3.17. The Bertz CT molecular complexity index is 606. The highest BCUT2D eigenvalue weighted by Crippen LogP contribution is 2.16. The smallest absolute Gasteiger partial charge is 0.255 e. The summed E-state index contributed by atoms with van der Waals surface area (Å²) < 4.78 is 0. The average Bonchev–Trinajstić information content (AvgIpc) is 2.53. The van der Waals surface area contributed by atoms with E-state index in [1.54, 1.807) is 6.07 Å². The lowest BCUT2D eigenvalue weighted by Crippen LogP contribution is -2.33. The van der Waals surface area contributed by atoms with Gasteiger partial charge in [-0.05, 0) is 26.3 Å². The number of pyridine rings is 1. The van der Waals surface area contributed by atoms with E-state index in [1.807, 2.05) is 27.0 Å². The second-order valence-electron chi connectivity index (χ2n) is 5.39. The summed E-state index contributed by atoms with van der Waals surface area (Å²) in [4.78, 5) is 20.5. The third-order valence-electron chi connectivity index (χ3n) is 3.17. The van der Waals surface area contributed by atoms with Crippen LogP contribution >= 0.6 is 0 Å². The van der Waals surface area contributed by atoms with Crippen LogP contribution in [0.4, 0.5) is 5.69 Å². The molecule has 0 bridgehead atoms. The lowest BCUT2D eigenvalue weighted by atomic mass is 10.0. The maximum Gasteiger partial charge on any atom is 0.255 e. The van der Waals surface area contributed by atoms with Gasteiger partial charge in [0.25, 0.3) is 5.91 Å². The van der Waals surface area contributed by atoms with E-state index < -0.39 is 0 Å². The molecule has 1 amide bonds. The van der Waals surface area contributed by atoms with Gasteiger partial charge in [-0.25, -0.2) is 4.99 Å². The Kier molecular flexibility index (Phi) is 6.96. The molecule has 0 unspecified atom stereocenters. The van der Waals surface area contributed by atoms with E-state index >= 15 is 0 Å². The highest BCUT2D eigenvalue weighted by Gasteiger charge is 2.17. The first-order valence-electron chi connectivity index (χ1n) is 7.28. The Morgan fingerprint density at radius 1 is 1.52 bits per heavy atom. The number of aromatic nitrogens is 1. The number of nitrogens with one attached hydrogen (secondary N) is 3. The maximum atomic E-state index is 12.1. The van der Waals surface area contributed by atoms with Gasteiger partial charge in [0, 0.05) is 18.9 Å². The van der Waals surface area contributed by atoms with Crippen molar-refractivity contribution in [1.29, 1.82) is 5.26 Å². The zero-order valence-corrected chi connectivity index (χ0v) is 13.6. The maximum absolute atomic E-state index is 12.1. The number of aliphatic hydroxyl groups is 1. The van der Waals surface area contributed by atoms with Crippen LogP contribution in [0.5, 0.6) is 0 Å². The molecule has 1 rings (SSSR count). The Labute approximate surface area is 135 Å². The number of hydrogen-bond acceptors (Lipinski definition) is 5. The normalized spacial score (nSPS) is 11.5. The average molecular weight is 318 g/mol. The predicted octanol–water partition coefficient (Wildman–Crippen LogP) is 0.831. The van der Waals surface area contributed by atoms with Crippen molar-refractivity contribution in [3.63, 3.8) is 0 Å². The topological polar surface area (TPSA) is 122 Å². The third kappa shape index (κ3) is 5.92. The molecule has 0 atom stereocenters. The molecular weight excluding hydrogens is 296 g/mol. The van der Waals surface area contributed by atoms with Crippen molar-refractivity contribution in [1.82, 2.24) is 15.6 Å². The Morgan fingerprint density at radius 3 is 2.87 bits per heavy atom. The van der Waals surface area contributed by atoms with Gasteiger partial charge < -0.3 is 15.7 Å². The van der Waals surface area contributed by atoms with E-state index in [1.165, 1.54) is 12.4 Å². The molecule has 0 aliphatic rings. The van der Waals surface area contributed by atoms with Crippen LogP contribution < -0.4 is 16.0 Å². The monoisotopic (exact) mass is 318 g/mol.